The molecule has 0 radical (unpaired) electrons. The Balaban J connectivity index is 2.44. The summed E-state index contributed by atoms with van der Waals surface area (Å²) in [5, 5.41) is 18.0. The van der Waals surface area contributed by atoms with E-state index in [-0.39, 0.29) is 25.0 Å². The monoisotopic (exact) mass is 265 g/mol. The van der Waals surface area contributed by atoms with Crippen molar-refractivity contribution in [1.29, 1.82) is 0 Å². The third-order valence-corrected chi connectivity index (χ3v) is 3.28. The fourth-order valence-electron chi connectivity index (χ4n) is 2.10. The molecule has 0 saturated carbocycles. The van der Waals surface area contributed by atoms with Crippen molar-refractivity contribution in [2.45, 2.75) is 25.8 Å². The first-order valence-electron chi connectivity index (χ1n) is 6.73. The van der Waals surface area contributed by atoms with Gasteiger partial charge in [-0.05, 0) is 13.3 Å². The maximum atomic E-state index is 12.0. The van der Waals surface area contributed by atoms with E-state index in [1.807, 2.05) is 42.2 Å². The first kappa shape index (κ1) is 15.8. The molecule has 0 spiro atoms. The van der Waals surface area contributed by atoms with Crippen LogP contribution in [0, 0.1) is 0 Å². The van der Waals surface area contributed by atoms with E-state index in [9.17, 15) is 4.79 Å². The van der Waals surface area contributed by atoms with E-state index in [0.29, 0.717) is 19.5 Å². The predicted molar refractivity (Wildman–Crippen MR) is 75.2 cm³/mol. The Hall–Kier alpha value is -1.23. The lowest BCUT2D eigenvalue weighted by Crippen LogP contribution is -2.37. The molecule has 0 aliphatic rings. The van der Waals surface area contributed by atoms with E-state index >= 15 is 0 Å². The summed E-state index contributed by atoms with van der Waals surface area (Å²) in [6.45, 7) is 3.21. The smallest absolute Gasteiger partial charge is 0.162 e. The molecule has 0 heterocycles. The summed E-state index contributed by atoms with van der Waals surface area (Å²) in [5.74, 6) is 0.139. The summed E-state index contributed by atoms with van der Waals surface area (Å²) in [5.41, 5.74) is 0.741. The van der Waals surface area contributed by atoms with Gasteiger partial charge in [0, 0.05) is 31.1 Å². The van der Waals surface area contributed by atoms with Crippen LogP contribution in [0.2, 0.25) is 0 Å². The Bertz CT molecular complexity index is 361. The van der Waals surface area contributed by atoms with E-state index in [0.717, 1.165) is 12.0 Å². The van der Waals surface area contributed by atoms with Gasteiger partial charge in [0.25, 0.3) is 0 Å². The highest BCUT2D eigenvalue weighted by Gasteiger charge is 2.14. The van der Waals surface area contributed by atoms with E-state index in [1.54, 1.807) is 0 Å². The molecule has 0 aromatic heterocycles. The molecular weight excluding hydrogens is 242 g/mol. The van der Waals surface area contributed by atoms with Crippen LogP contribution in [-0.4, -0.2) is 53.2 Å². The Morgan fingerprint density at radius 1 is 1.16 bits per heavy atom. The van der Waals surface area contributed by atoms with Gasteiger partial charge in [0.05, 0.1) is 13.2 Å². The molecule has 1 rings (SSSR count). The van der Waals surface area contributed by atoms with Crippen LogP contribution < -0.4 is 0 Å². The number of Topliss-reactive ketones (excluding diaryl/α,β-unsaturated/α-hetero) is 1. The van der Waals surface area contributed by atoms with Gasteiger partial charge < -0.3 is 10.2 Å². The first-order valence-corrected chi connectivity index (χ1v) is 6.73. The molecule has 4 nitrogen and oxygen atoms in total. The Morgan fingerprint density at radius 2 is 1.74 bits per heavy atom. The molecule has 1 unspecified atom stereocenters. The first-order chi connectivity index (χ1) is 9.19. The molecule has 106 valence electrons. The quantitative estimate of drug-likeness (QED) is 0.661. The number of carbonyl (C=O) groups excluding carboxylic acids is 1. The minimum atomic E-state index is 0.0664. The lowest BCUT2D eigenvalue weighted by Gasteiger charge is -2.27. The molecule has 2 N–H and O–H groups in total. The van der Waals surface area contributed by atoms with Gasteiger partial charge in [-0.1, -0.05) is 30.3 Å². The van der Waals surface area contributed by atoms with Crippen molar-refractivity contribution in [2.75, 3.05) is 26.3 Å². The van der Waals surface area contributed by atoms with Crippen molar-refractivity contribution < 1.29 is 15.0 Å². The van der Waals surface area contributed by atoms with Gasteiger partial charge >= 0.3 is 0 Å². The molecule has 1 aromatic carbocycles. The highest BCUT2D eigenvalue weighted by molar-refractivity contribution is 5.95. The van der Waals surface area contributed by atoms with Crippen molar-refractivity contribution >= 4 is 5.78 Å². The summed E-state index contributed by atoms with van der Waals surface area (Å²) in [6.07, 6.45) is 1.21. The van der Waals surface area contributed by atoms with Crippen LogP contribution in [0.3, 0.4) is 0 Å². The van der Waals surface area contributed by atoms with Crippen LogP contribution >= 0.6 is 0 Å². The number of hydrogen-bond donors (Lipinski definition) is 2. The summed E-state index contributed by atoms with van der Waals surface area (Å²) in [4.78, 5) is 14.0. The second-order valence-corrected chi connectivity index (χ2v) is 4.66. The maximum absolute atomic E-state index is 12.0. The standard InChI is InChI=1S/C15H23NO3/c1-13(16(9-11-17)10-12-18)7-8-15(19)14-5-3-2-4-6-14/h2-6,13,17-18H,7-12H2,1H3. The van der Waals surface area contributed by atoms with Crippen molar-refractivity contribution in [3.05, 3.63) is 35.9 Å². The van der Waals surface area contributed by atoms with Crippen molar-refractivity contribution in [2.24, 2.45) is 0 Å². The molecule has 1 atom stereocenters. The topological polar surface area (TPSA) is 60.8 Å². The summed E-state index contributed by atoms with van der Waals surface area (Å²) >= 11 is 0. The van der Waals surface area contributed by atoms with Crippen LogP contribution in [0.15, 0.2) is 30.3 Å². The molecule has 4 heteroatoms. The number of aliphatic hydroxyl groups excluding tert-OH is 2. The van der Waals surface area contributed by atoms with Crippen LogP contribution in [0.5, 0.6) is 0 Å². The fourth-order valence-corrected chi connectivity index (χ4v) is 2.10. The Kier molecular flexibility index (Phi) is 7.33. The van der Waals surface area contributed by atoms with Gasteiger partial charge in [-0.15, -0.1) is 0 Å². The summed E-state index contributed by atoms with van der Waals surface area (Å²) < 4.78 is 0. The van der Waals surface area contributed by atoms with E-state index in [1.165, 1.54) is 0 Å². The lowest BCUT2D eigenvalue weighted by atomic mass is 10.0. The SMILES string of the molecule is CC(CCC(=O)c1ccccc1)N(CCO)CCO. The van der Waals surface area contributed by atoms with Gasteiger partial charge in [0.1, 0.15) is 0 Å². The maximum Gasteiger partial charge on any atom is 0.162 e. The molecule has 19 heavy (non-hydrogen) atoms. The molecule has 0 aliphatic carbocycles. The zero-order valence-electron chi connectivity index (χ0n) is 11.5. The van der Waals surface area contributed by atoms with Gasteiger partial charge in [-0.2, -0.15) is 0 Å². The van der Waals surface area contributed by atoms with Gasteiger partial charge in [-0.25, -0.2) is 0 Å². The third-order valence-electron chi connectivity index (χ3n) is 3.28. The lowest BCUT2D eigenvalue weighted by molar-refractivity contribution is 0.0941. The normalized spacial score (nSPS) is 12.6. The van der Waals surface area contributed by atoms with E-state index in [4.69, 9.17) is 10.2 Å². The van der Waals surface area contributed by atoms with Crippen molar-refractivity contribution in [3.63, 3.8) is 0 Å². The summed E-state index contributed by atoms with van der Waals surface area (Å²) in [7, 11) is 0. The fraction of sp³-hybridized carbons (Fsp3) is 0.533. The van der Waals surface area contributed by atoms with Gasteiger partial charge in [-0.3, -0.25) is 9.69 Å². The number of carbonyl (C=O) groups is 1. The number of aliphatic hydroxyl groups is 2. The van der Waals surface area contributed by atoms with Crippen LogP contribution in [0.1, 0.15) is 30.1 Å². The second kappa shape index (κ2) is 8.80. The molecule has 0 bridgehead atoms. The average Bonchev–Trinajstić information content (AvgIpc) is 2.45. The molecule has 0 fully saturated rings. The number of ketones is 1. The minimum absolute atomic E-state index is 0.0664. The summed E-state index contributed by atoms with van der Waals surface area (Å²) in [6, 6.07) is 9.44. The molecule has 0 aliphatic heterocycles. The van der Waals surface area contributed by atoms with Gasteiger partial charge in [0.2, 0.25) is 0 Å². The average molecular weight is 265 g/mol. The zero-order chi connectivity index (χ0) is 14.1. The predicted octanol–water partition coefficient (Wildman–Crippen LogP) is 1.32. The van der Waals surface area contributed by atoms with E-state index < -0.39 is 0 Å². The Morgan fingerprint density at radius 3 is 2.26 bits per heavy atom. The van der Waals surface area contributed by atoms with Crippen LogP contribution in [0.25, 0.3) is 0 Å². The second-order valence-electron chi connectivity index (χ2n) is 4.66. The van der Waals surface area contributed by atoms with Crippen LogP contribution in [0.4, 0.5) is 0 Å². The van der Waals surface area contributed by atoms with Crippen LogP contribution in [-0.2, 0) is 0 Å². The minimum Gasteiger partial charge on any atom is -0.395 e. The number of benzene rings is 1. The van der Waals surface area contributed by atoms with Crippen molar-refractivity contribution in [1.82, 2.24) is 4.90 Å². The molecule has 0 saturated heterocycles. The molecule has 0 amide bonds. The molecule has 1 aromatic rings. The van der Waals surface area contributed by atoms with Crippen molar-refractivity contribution in [3.8, 4) is 0 Å². The highest BCUT2D eigenvalue weighted by Crippen LogP contribution is 2.10. The third kappa shape index (κ3) is 5.51. The number of hydrogen-bond acceptors (Lipinski definition) is 4. The zero-order valence-corrected chi connectivity index (χ0v) is 11.5. The number of rotatable bonds is 9. The Labute approximate surface area is 114 Å². The number of nitrogens with zero attached hydrogens (tertiary/aromatic N) is 1. The largest absolute Gasteiger partial charge is 0.395 e. The highest BCUT2D eigenvalue weighted by atomic mass is 16.3. The van der Waals surface area contributed by atoms with Gasteiger partial charge in [0.15, 0.2) is 5.78 Å². The molecular formula is C15H23NO3. The van der Waals surface area contributed by atoms with E-state index in [2.05, 4.69) is 0 Å².